The molecule has 0 aliphatic heterocycles. The van der Waals surface area contributed by atoms with Gasteiger partial charge in [-0.3, -0.25) is 0 Å². The summed E-state index contributed by atoms with van der Waals surface area (Å²) in [4.78, 5) is 0. The van der Waals surface area contributed by atoms with Gasteiger partial charge >= 0.3 is 0 Å². The van der Waals surface area contributed by atoms with Crippen molar-refractivity contribution in [3.63, 3.8) is 0 Å². The maximum Gasteiger partial charge on any atom is 0.208 e. The first kappa shape index (κ1) is 12.9. The highest BCUT2D eigenvalue weighted by Crippen LogP contribution is 2.18. The number of hydrogen-bond donors (Lipinski definition) is 2. The van der Waals surface area contributed by atoms with Gasteiger partial charge in [-0.05, 0) is 22.9 Å². The lowest BCUT2D eigenvalue weighted by molar-refractivity contribution is 0.589. The third-order valence-corrected chi connectivity index (χ3v) is 3.30. The van der Waals surface area contributed by atoms with Crippen molar-refractivity contribution in [1.82, 2.24) is 4.72 Å². The molecule has 0 saturated carbocycles. The number of anilines is 1. The van der Waals surface area contributed by atoms with Crippen LogP contribution in [0.5, 0.6) is 0 Å². The zero-order valence-electron chi connectivity index (χ0n) is 10.2. The molecule has 0 unspecified atom stereocenters. The van der Waals surface area contributed by atoms with E-state index in [1.54, 1.807) is 0 Å². The van der Waals surface area contributed by atoms with E-state index in [0.717, 1.165) is 11.9 Å². The third kappa shape index (κ3) is 3.72. The molecule has 96 valence electrons. The average Bonchev–Trinajstić information content (AvgIpc) is 2.33. The van der Waals surface area contributed by atoms with Crippen LogP contribution in [0.2, 0.25) is 0 Å². The Morgan fingerprint density at radius 2 is 1.72 bits per heavy atom. The Kier molecular flexibility index (Phi) is 3.84. The molecule has 2 aromatic rings. The second kappa shape index (κ2) is 5.37. The topological polar surface area (TPSA) is 58.2 Å². The lowest BCUT2D eigenvalue weighted by Crippen LogP contribution is -2.27. The first-order valence-electron chi connectivity index (χ1n) is 5.72. The van der Waals surface area contributed by atoms with Gasteiger partial charge in [0.05, 0.1) is 6.26 Å². The molecule has 0 bridgehead atoms. The quantitative estimate of drug-likeness (QED) is 0.810. The van der Waals surface area contributed by atoms with Gasteiger partial charge in [0, 0.05) is 18.8 Å². The minimum atomic E-state index is -3.10. The molecule has 2 aromatic carbocycles. The minimum absolute atomic E-state index is 0.381. The van der Waals surface area contributed by atoms with Crippen LogP contribution in [0, 0.1) is 0 Å². The summed E-state index contributed by atoms with van der Waals surface area (Å²) in [7, 11) is -3.10. The average molecular weight is 264 g/mol. The van der Waals surface area contributed by atoms with Crippen LogP contribution in [0.15, 0.2) is 42.5 Å². The van der Waals surface area contributed by atoms with Crippen molar-refractivity contribution in [1.29, 1.82) is 0 Å². The molecule has 0 spiro atoms. The van der Waals surface area contributed by atoms with E-state index in [9.17, 15) is 8.42 Å². The highest BCUT2D eigenvalue weighted by Gasteiger charge is 1.99. The largest absolute Gasteiger partial charge is 0.384 e. The van der Waals surface area contributed by atoms with Crippen molar-refractivity contribution in [2.75, 3.05) is 24.7 Å². The first-order valence-corrected chi connectivity index (χ1v) is 7.61. The third-order valence-electron chi connectivity index (χ3n) is 2.57. The molecule has 4 nitrogen and oxygen atoms in total. The Morgan fingerprint density at radius 3 is 2.44 bits per heavy atom. The standard InChI is InChI=1S/C13H16N2O2S/c1-18(16,17)15-9-8-14-13-7-6-11-4-2-3-5-12(11)10-13/h2-7,10,14-15H,8-9H2,1H3. The van der Waals surface area contributed by atoms with E-state index in [1.165, 1.54) is 10.8 Å². The Labute approximate surface area is 107 Å². The highest BCUT2D eigenvalue weighted by atomic mass is 32.2. The molecule has 0 aromatic heterocycles. The molecule has 0 aliphatic rings. The van der Waals surface area contributed by atoms with Gasteiger partial charge in [-0.25, -0.2) is 13.1 Å². The smallest absolute Gasteiger partial charge is 0.208 e. The van der Waals surface area contributed by atoms with E-state index in [0.29, 0.717) is 13.1 Å². The van der Waals surface area contributed by atoms with Crippen molar-refractivity contribution < 1.29 is 8.42 Å². The summed E-state index contributed by atoms with van der Waals surface area (Å²) in [5.74, 6) is 0. The molecule has 0 radical (unpaired) electrons. The lowest BCUT2D eigenvalue weighted by Gasteiger charge is -2.07. The van der Waals surface area contributed by atoms with Crippen molar-refractivity contribution in [3.05, 3.63) is 42.5 Å². The van der Waals surface area contributed by atoms with Crippen LogP contribution in [0.3, 0.4) is 0 Å². The molecule has 5 heteroatoms. The zero-order valence-corrected chi connectivity index (χ0v) is 11.0. The van der Waals surface area contributed by atoms with Crippen molar-refractivity contribution in [2.45, 2.75) is 0 Å². The summed E-state index contributed by atoms with van der Waals surface area (Å²) in [6, 6.07) is 14.2. The first-order chi connectivity index (χ1) is 8.54. The van der Waals surface area contributed by atoms with Gasteiger partial charge < -0.3 is 5.32 Å². The van der Waals surface area contributed by atoms with Crippen LogP contribution < -0.4 is 10.0 Å². The normalized spacial score (nSPS) is 11.6. The number of benzene rings is 2. The van der Waals surface area contributed by atoms with Crippen molar-refractivity contribution >= 4 is 26.5 Å². The molecule has 2 N–H and O–H groups in total. The van der Waals surface area contributed by atoms with Gasteiger partial charge in [-0.1, -0.05) is 30.3 Å². The molecule has 0 saturated heterocycles. The van der Waals surface area contributed by atoms with Crippen molar-refractivity contribution in [3.8, 4) is 0 Å². The summed E-state index contributed by atoms with van der Waals surface area (Å²) in [6.45, 7) is 0.942. The molecule has 0 heterocycles. The maximum absolute atomic E-state index is 10.9. The summed E-state index contributed by atoms with van der Waals surface area (Å²) in [5, 5.41) is 5.54. The lowest BCUT2D eigenvalue weighted by atomic mass is 10.1. The summed E-state index contributed by atoms with van der Waals surface area (Å²) >= 11 is 0. The minimum Gasteiger partial charge on any atom is -0.384 e. The molecule has 0 aliphatic carbocycles. The fourth-order valence-corrected chi connectivity index (χ4v) is 2.22. The fourth-order valence-electron chi connectivity index (χ4n) is 1.74. The second-order valence-corrected chi connectivity index (χ2v) is 5.99. The summed E-state index contributed by atoms with van der Waals surface area (Å²) in [6.07, 6.45) is 1.16. The SMILES string of the molecule is CS(=O)(=O)NCCNc1ccc2ccccc2c1. The van der Waals surface area contributed by atoms with Crippen LogP contribution in [0.25, 0.3) is 10.8 Å². The summed E-state index contributed by atoms with van der Waals surface area (Å²) < 4.78 is 24.2. The Bertz CT molecular complexity index is 638. The van der Waals surface area contributed by atoms with Gasteiger partial charge in [0.15, 0.2) is 0 Å². The molecular weight excluding hydrogens is 248 g/mol. The predicted octanol–water partition coefficient (Wildman–Crippen LogP) is 1.80. The van der Waals surface area contributed by atoms with E-state index in [-0.39, 0.29) is 0 Å². The molecule has 0 amide bonds. The molecule has 0 fully saturated rings. The van der Waals surface area contributed by atoms with Crippen LogP contribution in [0.4, 0.5) is 5.69 Å². The van der Waals surface area contributed by atoms with E-state index >= 15 is 0 Å². The number of nitrogens with one attached hydrogen (secondary N) is 2. The van der Waals surface area contributed by atoms with Crippen LogP contribution in [-0.4, -0.2) is 27.8 Å². The van der Waals surface area contributed by atoms with Gasteiger partial charge in [0.1, 0.15) is 0 Å². The molecular formula is C13H16N2O2S. The Hall–Kier alpha value is -1.59. The molecule has 18 heavy (non-hydrogen) atoms. The predicted molar refractivity (Wildman–Crippen MR) is 75.3 cm³/mol. The van der Waals surface area contributed by atoms with Gasteiger partial charge in [0.2, 0.25) is 10.0 Å². The molecule has 0 atom stereocenters. The maximum atomic E-state index is 10.9. The monoisotopic (exact) mass is 264 g/mol. The summed E-state index contributed by atoms with van der Waals surface area (Å²) in [5.41, 5.74) is 0.990. The Morgan fingerprint density at radius 1 is 1.00 bits per heavy atom. The van der Waals surface area contributed by atoms with Gasteiger partial charge in [-0.15, -0.1) is 0 Å². The zero-order chi connectivity index (χ0) is 13.0. The van der Waals surface area contributed by atoms with Gasteiger partial charge in [-0.2, -0.15) is 0 Å². The van der Waals surface area contributed by atoms with E-state index in [2.05, 4.69) is 28.2 Å². The van der Waals surface area contributed by atoms with Crippen LogP contribution >= 0.6 is 0 Å². The number of hydrogen-bond acceptors (Lipinski definition) is 3. The van der Waals surface area contributed by atoms with E-state index in [1.807, 2.05) is 24.3 Å². The van der Waals surface area contributed by atoms with E-state index in [4.69, 9.17) is 0 Å². The molecule has 2 rings (SSSR count). The fraction of sp³-hybridized carbons (Fsp3) is 0.231. The number of rotatable bonds is 5. The van der Waals surface area contributed by atoms with Crippen LogP contribution in [-0.2, 0) is 10.0 Å². The van der Waals surface area contributed by atoms with Crippen LogP contribution in [0.1, 0.15) is 0 Å². The van der Waals surface area contributed by atoms with E-state index < -0.39 is 10.0 Å². The number of fused-ring (bicyclic) bond motifs is 1. The number of sulfonamides is 1. The Balaban J connectivity index is 1.96. The van der Waals surface area contributed by atoms with Gasteiger partial charge in [0.25, 0.3) is 0 Å². The highest BCUT2D eigenvalue weighted by molar-refractivity contribution is 7.88. The second-order valence-electron chi connectivity index (χ2n) is 4.16. The van der Waals surface area contributed by atoms with Crippen molar-refractivity contribution in [2.24, 2.45) is 0 Å².